The molecule has 1 aliphatic rings. The van der Waals surface area contributed by atoms with Gasteiger partial charge < -0.3 is 5.32 Å². The van der Waals surface area contributed by atoms with Crippen molar-refractivity contribution in [3.05, 3.63) is 63.4 Å². The van der Waals surface area contributed by atoms with Gasteiger partial charge in [-0.05, 0) is 55.7 Å². The number of aromatic nitrogens is 2. The van der Waals surface area contributed by atoms with Gasteiger partial charge in [-0.1, -0.05) is 48.3 Å². The van der Waals surface area contributed by atoms with Crippen LogP contribution >= 0.6 is 23.4 Å². The summed E-state index contributed by atoms with van der Waals surface area (Å²) in [6.45, 7) is 1.98. The average molecular weight is 428 g/mol. The topological polar surface area (TPSA) is 64.0 Å². The Bertz CT molecular complexity index is 1120. The van der Waals surface area contributed by atoms with Gasteiger partial charge in [0.25, 0.3) is 5.56 Å². The van der Waals surface area contributed by atoms with Crippen molar-refractivity contribution in [2.24, 2.45) is 0 Å². The maximum absolute atomic E-state index is 13.3. The summed E-state index contributed by atoms with van der Waals surface area (Å²) in [6.07, 6.45) is 4.41. The number of rotatable bonds is 5. The quantitative estimate of drug-likeness (QED) is 0.481. The van der Waals surface area contributed by atoms with Gasteiger partial charge in [0, 0.05) is 11.1 Å². The number of halogens is 1. The summed E-state index contributed by atoms with van der Waals surface area (Å²) >= 11 is 7.37. The van der Waals surface area contributed by atoms with Gasteiger partial charge >= 0.3 is 0 Å². The van der Waals surface area contributed by atoms with E-state index in [0.717, 1.165) is 36.9 Å². The zero-order valence-corrected chi connectivity index (χ0v) is 17.7. The lowest BCUT2D eigenvalue weighted by atomic mass is 10.2. The second kappa shape index (κ2) is 8.59. The first-order chi connectivity index (χ1) is 14.0. The summed E-state index contributed by atoms with van der Waals surface area (Å²) in [5.41, 5.74) is 2.14. The van der Waals surface area contributed by atoms with E-state index < -0.39 is 0 Å². The first kappa shape index (κ1) is 20.0. The Balaban J connectivity index is 1.71. The van der Waals surface area contributed by atoms with E-state index >= 15 is 0 Å². The Hall–Kier alpha value is -2.31. The molecule has 1 fully saturated rings. The largest absolute Gasteiger partial charge is 0.353 e. The number of nitrogens with zero attached hydrogens (tertiary/aromatic N) is 2. The van der Waals surface area contributed by atoms with Gasteiger partial charge in [0.2, 0.25) is 5.91 Å². The third-order valence-electron chi connectivity index (χ3n) is 5.11. The van der Waals surface area contributed by atoms with E-state index in [9.17, 15) is 9.59 Å². The highest BCUT2D eigenvalue weighted by atomic mass is 35.5. The molecule has 0 unspecified atom stereocenters. The van der Waals surface area contributed by atoms with Crippen LogP contribution in [0.1, 0.15) is 31.2 Å². The van der Waals surface area contributed by atoms with E-state index in [1.807, 2.05) is 31.2 Å². The van der Waals surface area contributed by atoms with Crippen molar-refractivity contribution in [2.75, 3.05) is 5.75 Å². The molecule has 1 aromatic heterocycles. The Morgan fingerprint density at radius 1 is 1.24 bits per heavy atom. The first-order valence-electron chi connectivity index (χ1n) is 9.73. The molecular formula is C22H22ClN3O2S. The molecule has 0 atom stereocenters. The first-order valence-corrected chi connectivity index (χ1v) is 11.1. The lowest BCUT2D eigenvalue weighted by molar-refractivity contribution is -0.119. The molecule has 7 heteroatoms. The zero-order chi connectivity index (χ0) is 20.4. The fraction of sp³-hybridized carbons (Fsp3) is 0.318. The Morgan fingerprint density at radius 3 is 2.79 bits per heavy atom. The van der Waals surface area contributed by atoms with Gasteiger partial charge in [-0.3, -0.25) is 14.2 Å². The second-order valence-corrected chi connectivity index (χ2v) is 8.75. The Morgan fingerprint density at radius 2 is 2.03 bits per heavy atom. The molecule has 3 aromatic rings. The number of carbonyl (C=O) groups excluding carboxylic acids is 1. The van der Waals surface area contributed by atoms with Crippen molar-refractivity contribution in [1.29, 1.82) is 0 Å². The highest BCUT2D eigenvalue weighted by Gasteiger charge is 2.19. The van der Waals surface area contributed by atoms with Crippen molar-refractivity contribution < 1.29 is 4.79 Å². The molecule has 4 rings (SSSR count). The van der Waals surface area contributed by atoms with E-state index in [2.05, 4.69) is 10.3 Å². The van der Waals surface area contributed by atoms with Crippen molar-refractivity contribution in [1.82, 2.24) is 14.9 Å². The molecule has 5 nitrogen and oxygen atoms in total. The van der Waals surface area contributed by atoms with Crippen LogP contribution in [0.15, 0.2) is 52.4 Å². The van der Waals surface area contributed by atoms with Gasteiger partial charge in [0.05, 0.1) is 22.3 Å². The van der Waals surface area contributed by atoms with Crippen LogP contribution in [0.5, 0.6) is 0 Å². The minimum atomic E-state index is -0.170. The number of fused-ring (bicyclic) bond motifs is 1. The van der Waals surface area contributed by atoms with E-state index in [4.69, 9.17) is 11.6 Å². The van der Waals surface area contributed by atoms with Crippen molar-refractivity contribution >= 4 is 40.2 Å². The minimum Gasteiger partial charge on any atom is -0.353 e. The summed E-state index contributed by atoms with van der Waals surface area (Å²) in [5, 5.41) is 4.58. The van der Waals surface area contributed by atoms with Crippen LogP contribution in [-0.4, -0.2) is 27.3 Å². The predicted octanol–water partition coefficient (Wildman–Crippen LogP) is 4.50. The summed E-state index contributed by atoms with van der Waals surface area (Å²) in [4.78, 5) is 30.3. The molecule has 0 radical (unpaired) electrons. The smallest absolute Gasteiger partial charge is 0.266 e. The summed E-state index contributed by atoms with van der Waals surface area (Å²) in [5.74, 6) is 0.180. The summed E-state index contributed by atoms with van der Waals surface area (Å²) in [6, 6.07) is 13.0. The molecule has 0 saturated heterocycles. The molecular weight excluding hydrogens is 406 g/mol. The fourth-order valence-corrected chi connectivity index (χ4v) is 4.69. The van der Waals surface area contributed by atoms with Crippen molar-refractivity contribution in [2.45, 2.75) is 43.8 Å². The number of nitrogens with one attached hydrogen (secondary N) is 1. The van der Waals surface area contributed by atoms with Crippen molar-refractivity contribution in [3.63, 3.8) is 0 Å². The standard InChI is InChI=1S/C22H22ClN3O2S/c1-14-5-4-8-17(11-14)26-21(28)18-10-9-15(23)12-19(18)25-22(26)29-13-20(27)24-16-6-2-3-7-16/h4-5,8-12,16H,2-3,6-7,13H2,1H3,(H,24,27). The summed E-state index contributed by atoms with van der Waals surface area (Å²) in [7, 11) is 0. The van der Waals surface area contributed by atoms with Crippen molar-refractivity contribution in [3.8, 4) is 5.69 Å². The fourth-order valence-electron chi connectivity index (χ4n) is 3.70. The molecule has 0 spiro atoms. The number of hydrogen-bond donors (Lipinski definition) is 1. The van der Waals surface area contributed by atoms with Crippen LogP contribution in [-0.2, 0) is 4.79 Å². The molecule has 150 valence electrons. The number of benzene rings is 2. The zero-order valence-electron chi connectivity index (χ0n) is 16.2. The highest BCUT2D eigenvalue weighted by molar-refractivity contribution is 7.99. The number of amides is 1. The molecule has 1 saturated carbocycles. The molecule has 1 heterocycles. The SMILES string of the molecule is Cc1cccc(-n2c(SCC(=O)NC3CCCC3)nc3cc(Cl)ccc3c2=O)c1. The third-order valence-corrected chi connectivity index (χ3v) is 6.29. The lowest BCUT2D eigenvalue weighted by Gasteiger charge is -2.15. The maximum atomic E-state index is 13.3. The molecule has 1 amide bonds. The molecule has 29 heavy (non-hydrogen) atoms. The maximum Gasteiger partial charge on any atom is 0.266 e. The second-order valence-electron chi connectivity index (χ2n) is 7.37. The van der Waals surface area contributed by atoms with Crippen LogP contribution in [0.25, 0.3) is 16.6 Å². The molecule has 1 N–H and O–H groups in total. The van der Waals surface area contributed by atoms with Gasteiger partial charge in [0.15, 0.2) is 5.16 Å². The number of hydrogen-bond acceptors (Lipinski definition) is 4. The average Bonchev–Trinajstić information content (AvgIpc) is 3.19. The molecule has 2 aromatic carbocycles. The predicted molar refractivity (Wildman–Crippen MR) is 118 cm³/mol. The van der Waals surface area contributed by atoms with Crippen LogP contribution in [0, 0.1) is 6.92 Å². The normalized spacial score (nSPS) is 14.4. The number of carbonyl (C=O) groups is 1. The highest BCUT2D eigenvalue weighted by Crippen LogP contribution is 2.24. The minimum absolute atomic E-state index is 0.0295. The van der Waals surface area contributed by atoms with Crippen LogP contribution in [0.4, 0.5) is 0 Å². The van der Waals surface area contributed by atoms with E-state index in [1.54, 1.807) is 22.8 Å². The molecule has 0 bridgehead atoms. The lowest BCUT2D eigenvalue weighted by Crippen LogP contribution is -2.34. The van der Waals surface area contributed by atoms with Crippen LogP contribution in [0.3, 0.4) is 0 Å². The number of thioether (sulfide) groups is 1. The molecule has 0 aliphatic heterocycles. The third kappa shape index (κ3) is 4.49. The van der Waals surface area contributed by atoms with Crippen LogP contribution < -0.4 is 10.9 Å². The van der Waals surface area contributed by atoms with E-state index in [1.165, 1.54) is 11.8 Å². The summed E-state index contributed by atoms with van der Waals surface area (Å²) < 4.78 is 1.58. The Labute approximate surface area is 178 Å². The van der Waals surface area contributed by atoms with Gasteiger partial charge in [0.1, 0.15) is 0 Å². The Kier molecular flexibility index (Phi) is 5.92. The van der Waals surface area contributed by atoms with E-state index in [0.29, 0.717) is 21.1 Å². The van der Waals surface area contributed by atoms with Gasteiger partial charge in [-0.2, -0.15) is 0 Å². The van der Waals surface area contributed by atoms with Gasteiger partial charge in [-0.25, -0.2) is 4.98 Å². The van der Waals surface area contributed by atoms with Crippen LogP contribution in [0.2, 0.25) is 5.02 Å². The monoisotopic (exact) mass is 427 g/mol. The van der Waals surface area contributed by atoms with Gasteiger partial charge in [-0.15, -0.1) is 0 Å². The molecule has 1 aliphatic carbocycles. The number of aryl methyl sites for hydroxylation is 1. The van der Waals surface area contributed by atoms with E-state index in [-0.39, 0.29) is 23.3 Å².